The number of hydrogen-bond donors (Lipinski definition) is 1. The fourth-order valence-corrected chi connectivity index (χ4v) is 2.58. The molecule has 1 N–H and O–H groups in total. The summed E-state index contributed by atoms with van der Waals surface area (Å²) >= 11 is 7.07. The third-order valence-corrected chi connectivity index (χ3v) is 3.93. The lowest BCUT2D eigenvalue weighted by Crippen LogP contribution is -2.19. The maximum atomic E-state index is 5.26. The van der Waals surface area contributed by atoms with Gasteiger partial charge in [0.25, 0.3) is 0 Å². The molecule has 0 bridgehead atoms. The molecule has 0 saturated carbocycles. The summed E-state index contributed by atoms with van der Waals surface area (Å²) in [4.78, 5) is 0. The first kappa shape index (κ1) is 16.2. The van der Waals surface area contributed by atoms with Crippen molar-refractivity contribution in [1.29, 1.82) is 0 Å². The van der Waals surface area contributed by atoms with Crippen molar-refractivity contribution >= 4 is 28.3 Å². The first-order valence-corrected chi connectivity index (χ1v) is 8.11. The van der Waals surface area contributed by atoms with Gasteiger partial charge in [-0.25, -0.2) is 0 Å². The van der Waals surface area contributed by atoms with E-state index in [9.17, 15) is 0 Å². The average Bonchev–Trinajstić information content (AvgIpc) is 2.28. The monoisotopic (exact) mass is 261 g/mol. The van der Waals surface area contributed by atoms with E-state index in [4.69, 9.17) is 12.2 Å². The van der Waals surface area contributed by atoms with E-state index in [1.165, 1.54) is 57.1 Å². The van der Waals surface area contributed by atoms with Crippen LogP contribution in [0.15, 0.2) is 0 Å². The molecular weight excluding hydrogens is 234 g/mol. The van der Waals surface area contributed by atoms with Gasteiger partial charge in [0.1, 0.15) is 4.32 Å². The van der Waals surface area contributed by atoms with Gasteiger partial charge in [0.15, 0.2) is 0 Å². The van der Waals surface area contributed by atoms with Crippen LogP contribution in [0.2, 0.25) is 0 Å². The van der Waals surface area contributed by atoms with Gasteiger partial charge < -0.3 is 5.32 Å². The van der Waals surface area contributed by atoms with Crippen LogP contribution in [0.1, 0.15) is 65.2 Å². The van der Waals surface area contributed by atoms with Crippen molar-refractivity contribution in [3.8, 4) is 0 Å². The predicted molar refractivity (Wildman–Crippen MR) is 81.3 cm³/mol. The van der Waals surface area contributed by atoms with E-state index in [1.807, 2.05) is 11.8 Å². The molecule has 0 aliphatic carbocycles. The van der Waals surface area contributed by atoms with Crippen LogP contribution in [-0.2, 0) is 0 Å². The summed E-state index contributed by atoms with van der Waals surface area (Å²) in [5, 5.41) is 3.33. The summed E-state index contributed by atoms with van der Waals surface area (Å²) in [6, 6.07) is 0. The fourth-order valence-electron chi connectivity index (χ4n) is 1.49. The molecule has 16 heavy (non-hydrogen) atoms. The molecule has 0 saturated heterocycles. The van der Waals surface area contributed by atoms with Crippen molar-refractivity contribution < 1.29 is 0 Å². The van der Waals surface area contributed by atoms with Gasteiger partial charge in [-0.2, -0.15) is 0 Å². The van der Waals surface area contributed by atoms with Gasteiger partial charge in [-0.15, -0.1) is 0 Å². The SMILES string of the molecule is CCCCCCNC(=S)SCCCCCC. The van der Waals surface area contributed by atoms with Crippen LogP contribution in [0.3, 0.4) is 0 Å². The molecule has 0 aromatic heterocycles. The lowest BCUT2D eigenvalue weighted by Gasteiger charge is -2.06. The van der Waals surface area contributed by atoms with Gasteiger partial charge in [0.2, 0.25) is 0 Å². The van der Waals surface area contributed by atoms with E-state index >= 15 is 0 Å². The number of thiocarbonyl (C=S) groups is 1. The van der Waals surface area contributed by atoms with Gasteiger partial charge in [0.05, 0.1) is 0 Å². The van der Waals surface area contributed by atoms with Gasteiger partial charge in [-0.3, -0.25) is 0 Å². The normalized spacial score (nSPS) is 10.4. The third-order valence-electron chi connectivity index (χ3n) is 2.53. The molecule has 3 heteroatoms. The van der Waals surface area contributed by atoms with Crippen LogP contribution < -0.4 is 5.32 Å². The minimum Gasteiger partial charge on any atom is -0.371 e. The van der Waals surface area contributed by atoms with Gasteiger partial charge >= 0.3 is 0 Å². The summed E-state index contributed by atoms with van der Waals surface area (Å²) in [6.07, 6.45) is 10.5. The molecule has 0 aromatic carbocycles. The van der Waals surface area contributed by atoms with Crippen molar-refractivity contribution in [2.24, 2.45) is 0 Å². The van der Waals surface area contributed by atoms with Crippen LogP contribution in [0.5, 0.6) is 0 Å². The average molecular weight is 261 g/mol. The summed E-state index contributed by atoms with van der Waals surface area (Å²) < 4.78 is 0.994. The van der Waals surface area contributed by atoms with E-state index in [-0.39, 0.29) is 0 Å². The number of hydrogen-bond acceptors (Lipinski definition) is 2. The Morgan fingerprint density at radius 2 is 1.56 bits per heavy atom. The van der Waals surface area contributed by atoms with Crippen molar-refractivity contribution in [3.05, 3.63) is 0 Å². The second-order valence-electron chi connectivity index (χ2n) is 4.18. The second kappa shape index (κ2) is 13.3. The second-order valence-corrected chi connectivity index (χ2v) is 5.96. The first-order chi connectivity index (χ1) is 7.81. The minimum atomic E-state index is 0.994. The molecule has 0 aliphatic rings. The molecule has 0 radical (unpaired) electrons. The highest BCUT2D eigenvalue weighted by atomic mass is 32.2. The van der Waals surface area contributed by atoms with Crippen LogP contribution in [-0.4, -0.2) is 16.6 Å². The third kappa shape index (κ3) is 12.3. The van der Waals surface area contributed by atoms with E-state index in [0.717, 1.165) is 10.9 Å². The first-order valence-electron chi connectivity index (χ1n) is 6.71. The molecule has 0 atom stereocenters. The van der Waals surface area contributed by atoms with Crippen LogP contribution in [0.25, 0.3) is 0 Å². The quantitative estimate of drug-likeness (QED) is 0.450. The Hall–Kier alpha value is 0.240. The van der Waals surface area contributed by atoms with Crippen molar-refractivity contribution in [1.82, 2.24) is 5.32 Å². The zero-order valence-electron chi connectivity index (χ0n) is 10.9. The van der Waals surface area contributed by atoms with Crippen LogP contribution in [0.4, 0.5) is 0 Å². The van der Waals surface area contributed by atoms with E-state index < -0.39 is 0 Å². The summed E-state index contributed by atoms with van der Waals surface area (Å²) in [6.45, 7) is 5.54. The largest absolute Gasteiger partial charge is 0.371 e. The highest BCUT2D eigenvalue weighted by Crippen LogP contribution is 2.08. The van der Waals surface area contributed by atoms with Gasteiger partial charge in [-0.1, -0.05) is 76.4 Å². The summed E-state index contributed by atoms with van der Waals surface area (Å²) in [7, 11) is 0. The molecule has 0 aliphatic heterocycles. The zero-order valence-corrected chi connectivity index (χ0v) is 12.5. The highest BCUT2D eigenvalue weighted by molar-refractivity contribution is 8.22. The van der Waals surface area contributed by atoms with Crippen molar-refractivity contribution in [3.63, 3.8) is 0 Å². The number of thioether (sulfide) groups is 1. The van der Waals surface area contributed by atoms with Crippen LogP contribution >= 0.6 is 24.0 Å². The number of rotatable bonds is 10. The predicted octanol–water partition coefficient (Wildman–Crippen LogP) is 4.75. The highest BCUT2D eigenvalue weighted by Gasteiger charge is 1.96. The van der Waals surface area contributed by atoms with E-state index in [0.29, 0.717) is 0 Å². The van der Waals surface area contributed by atoms with E-state index in [2.05, 4.69) is 19.2 Å². The van der Waals surface area contributed by atoms with Crippen molar-refractivity contribution in [2.75, 3.05) is 12.3 Å². The Balaban J connectivity index is 3.12. The molecule has 1 nitrogen and oxygen atoms in total. The summed E-state index contributed by atoms with van der Waals surface area (Å²) in [5.74, 6) is 1.18. The molecule has 0 rings (SSSR count). The molecule has 96 valence electrons. The number of unbranched alkanes of at least 4 members (excludes halogenated alkanes) is 6. The molecule has 0 unspecified atom stereocenters. The minimum absolute atomic E-state index is 0.994. The lowest BCUT2D eigenvalue weighted by atomic mass is 10.2. The Labute approximate surface area is 111 Å². The molecule has 0 aromatic rings. The van der Waals surface area contributed by atoms with Crippen molar-refractivity contribution in [2.45, 2.75) is 65.2 Å². The van der Waals surface area contributed by atoms with Crippen LogP contribution in [0, 0.1) is 0 Å². The Morgan fingerprint density at radius 3 is 2.19 bits per heavy atom. The zero-order chi connectivity index (χ0) is 12.1. The molecule has 0 heterocycles. The number of nitrogens with one attached hydrogen (secondary N) is 1. The van der Waals surface area contributed by atoms with E-state index in [1.54, 1.807) is 0 Å². The molecule has 0 fully saturated rings. The maximum absolute atomic E-state index is 5.26. The molecule has 0 amide bonds. The Bertz CT molecular complexity index is 144. The fraction of sp³-hybridized carbons (Fsp3) is 0.923. The molecule has 0 spiro atoms. The smallest absolute Gasteiger partial charge is 0.133 e. The Kier molecular flexibility index (Phi) is 13.5. The maximum Gasteiger partial charge on any atom is 0.133 e. The Morgan fingerprint density at radius 1 is 0.938 bits per heavy atom. The summed E-state index contributed by atoms with van der Waals surface area (Å²) in [5.41, 5.74) is 0. The topological polar surface area (TPSA) is 12.0 Å². The lowest BCUT2D eigenvalue weighted by molar-refractivity contribution is 0.657. The molecular formula is C13H27NS2. The standard InChI is InChI=1S/C13H27NS2/c1-3-5-7-9-11-14-13(15)16-12-10-8-6-4-2/h3-12H2,1-2H3,(H,14,15). The van der Waals surface area contributed by atoms with Gasteiger partial charge in [0, 0.05) is 12.3 Å². The van der Waals surface area contributed by atoms with Gasteiger partial charge in [-0.05, 0) is 12.8 Å².